The molecule has 6 nitrogen and oxygen atoms in total. The SMILES string of the molecule is CCCCNC1CCC(NC(=O)Nc2c[nH]c3ncc(F)cc23)CC1. The zero-order chi connectivity index (χ0) is 17.6. The number of carbonyl (C=O) groups is 1. The van der Waals surface area contributed by atoms with Gasteiger partial charge in [0.2, 0.25) is 0 Å². The number of pyridine rings is 1. The van der Waals surface area contributed by atoms with Crippen molar-refractivity contribution in [2.45, 2.75) is 57.5 Å². The van der Waals surface area contributed by atoms with Gasteiger partial charge in [-0.25, -0.2) is 14.2 Å². The maximum absolute atomic E-state index is 13.3. The fraction of sp³-hybridized carbons (Fsp3) is 0.556. The van der Waals surface area contributed by atoms with Crippen LogP contribution in [0, 0.1) is 5.82 Å². The van der Waals surface area contributed by atoms with Gasteiger partial charge in [0.25, 0.3) is 0 Å². The number of aromatic nitrogens is 2. The highest BCUT2D eigenvalue weighted by Gasteiger charge is 2.22. The Bertz CT molecular complexity index is 709. The Morgan fingerprint density at radius 2 is 2.08 bits per heavy atom. The van der Waals surface area contributed by atoms with E-state index in [2.05, 4.69) is 32.8 Å². The summed E-state index contributed by atoms with van der Waals surface area (Å²) in [5.41, 5.74) is 1.09. The summed E-state index contributed by atoms with van der Waals surface area (Å²) in [6, 6.07) is 1.86. The van der Waals surface area contributed by atoms with Crippen molar-refractivity contribution in [3.05, 3.63) is 24.3 Å². The topological polar surface area (TPSA) is 81.8 Å². The highest BCUT2D eigenvalue weighted by atomic mass is 19.1. The molecule has 2 amide bonds. The molecule has 0 radical (unpaired) electrons. The molecule has 0 saturated heterocycles. The number of hydrogen-bond acceptors (Lipinski definition) is 3. The molecule has 0 bridgehead atoms. The van der Waals surface area contributed by atoms with Crippen LogP contribution >= 0.6 is 0 Å². The number of nitrogens with zero attached hydrogens (tertiary/aromatic N) is 1. The molecule has 2 aromatic rings. The van der Waals surface area contributed by atoms with Crippen molar-refractivity contribution in [1.29, 1.82) is 0 Å². The summed E-state index contributed by atoms with van der Waals surface area (Å²) in [5, 5.41) is 9.96. The minimum absolute atomic E-state index is 0.185. The van der Waals surface area contributed by atoms with E-state index in [1.54, 1.807) is 6.20 Å². The number of aromatic amines is 1. The first-order valence-electron chi connectivity index (χ1n) is 9.09. The van der Waals surface area contributed by atoms with E-state index >= 15 is 0 Å². The van der Waals surface area contributed by atoms with Crippen molar-refractivity contribution in [1.82, 2.24) is 20.6 Å². The molecule has 1 saturated carbocycles. The van der Waals surface area contributed by atoms with Crippen molar-refractivity contribution >= 4 is 22.8 Å². The molecule has 7 heteroatoms. The molecule has 0 atom stereocenters. The molecule has 2 aromatic heterocycles. The van der Waals surface area contributed by atoms with E-state index in [-0.39, 0.29) is 12.1 Å². The van der Waals surface area contributed by atoms with E-state index in [1.807, 2.05) is 0 Å². The van der Waals surface area contributed by atoms with Crippen LogP contribution in [0.3, 0.4) is 0 Å². The number of halogens is 1. The molecular weight excluding hydrogens is 321 g/mol. The van der Waals surface area contributed by atoms with E-state index in [9.17, 15) is 9.18 Å². The number of rotatable bonds is 6. The van der Waals surface area contributed by atoms with Gasteiger partial charge in [-0.15, -0.1) is 0 Å². The van der Waals surface area contributed by atoms with Crippen molar-refractivity contribution in [2.75, 3.05) is 11.9 Å². The number of carbonyl (C=O) groups excluding carboxylic acids is 1. The normalized spacial score (nSPS) is 20.6. The lowest BCUT2D eigenvalue weighted by atomic mass is 9.91. The van der Waals surface area contributed by atoms with Crippen molar-refractivity contribution in [3.8, 4) is 0 Å². The third kappa shape index (κ3) is 4.69. The van der Waals surface area contributed by atoms with E-state index in [1.165, 1.54) is 18.9 Å². The van der Waals surface area contributed by atoms with Crippen molar-refractivity contribution < 1.29 is 9.18 Å². The maximum atomic E-state index is 13.3. The summed E-state index contributed by atoms with van der Waals surface area (Å²) in [5.74, 6) is -0.426. The maximum Gasteiger partial charge on any atom is 0.319 e. The molecule has 136 valence electrons. The molecule has 2 heterocycles. The molecule has 3 rings (SSSR count). The second kappa shape index (κ2) is 8.29. The lowest BCUT2D eigenvalue weighted by molar-refractivity contribution is 0.240. The van der Waals surface area contributed by atoms with Gasteiger partial charge in [0.05, 0.1) is 11.9 Å². The molecule has 1 aliphatic rings. The molecule has 0 unspecified atom stereocenters. The minimum Gasteiger partial charge on any atom is -0.344 e. The highest BCUT2D eigenvalue weighted by Crippen LogP contribution is 2.23. The van der Waals surface area contributed by atoms with Gasteiger partial charge in [-0.05, 0) is 44.7 Å². The van der Waals surface area contributed by atoms with Gasteiger partial charge < -0.3 is 20.9 Å². The number of nitrogens with one attached hydrogen (secondary N) is 4. The van der Waals surface area contributed by atoms with Crippen LogP contribution < -0.4 is 16.0 Å². The van der Waals surface area contributed by atoms with E-state index in [0.717, 1.165) is 38.4 Å². The van der Waals surface area contributed by atoms with Crippen LogP contribution in [0.1, 0.15) is 45.4 Å². The molecule has 25 heavy (non-hydrogen) atoms. The summed E-state index contributed by atoms with van der Waals surface area (Å²) >= 11 is 0. The fourth-order valence-corrected chi connectivity index (χ4v) is 3.35. The van der Waals surface area contributed by atoms with Crippen LogP contribution in [-0.4, -0.2) is 34.6 Å². The third-order valence-corrected chi connectivity index (χ3v) is 4.77. The van der Waals surface area contributed by atoms with Crippen LogP contribution in [0.2, 0.25) is 0 Å². The lowest BCUT2D eigenvalue weighted by Gasteiger charge is -2.29. The Labute approximate surface area is 147 Å². The van der Waals surface area contributed by atoms with Crippen LogP contribution in [0.15, 0.2) is 18.5 Å². The highest BCUT2D eigenvalue weighted by molar-refractivity contribution is 5.99. The summed E-state index contributed by atoms with van der Waals surface area (Å²) in [7, 11) is 0. The first-order valence-corrected chi connectivity index (χ1v) is 9.09. The summed E-state index contributed by atoms with van der Waals surface area (Å²) in [6.45, 7) is 3.27. The molecule has 4 N–H and O–H groups in total. The van der Waals surface area contributed by atoms with Gasteiger partial charge >= 0.3 is 6.03 Å². The minimum atomic E-state index is -0.426. The lowest BCUT2D eigenvalue weighted by Crippen LogP contribution is -2.43. The molecule has 0 aromatic carbocycles. The first-order chi connectivity index (χ1) is 12.2. The number of hydrogen-bond donors (Lipinski definition) is 4. The van der Waals surface area contributed by atoms with E-state index in [0.29, 0.717) is 22.8 Å². The number of unbranched alkanes of at least 4 members (excludes halogenated alkanes) is 1. The Balaban J connectivity index is 1.47. The van der Waals surface area contributed by atoms with Crippen LogP contribution in [0.4, 0.5) is 14.9 Å². The molecule has 0 aliphatic heterocycles. The standard InChI is InChI=1S/C18H26FN5O/c1-2-3-8-20-13-4-6-14(7-5-13)23-18(25)24-16-11-22-17-15(16)9-12(19)10-21-17/h9-11,13-14,20H,2-8H2,1H3,(H,21,22)(H2,23,24,25). The predicted octanol–water partition coefficient (Wildman–Crippen LogP) is 3.52. The van der Waals surface area contributed by atoms with Gasteiger partial charge in [0, 0.05) is 23.7 Å². The smallest absolute Gasteiger partial charge is 0.319 e. The average Bonchev–Trinajstić information content (AvgIpc) is 2.99. The Morgan fingerprint density at radius 1 is 1.32 bits per heavy atom. The van der Waals surface area contributed by atoms with Crippen LogP contribution in [0.25, 0.3) is 11.0 Å². The van der Waals surface area contributed by atoms with Crippen molar-refractivity contribution in [3.63, 3.8) is 0 Å². The Kier molecular flexibility index (Phi) is 5.86. The first kappa shape index (κ1) is 17.7. The molecular formula is C18H26FN5O. The molecule has 0 spiro atoms. The Hall–Kier alpha value is -2.15. The number of anilines is 1. The predicted molar refractivity (Wildman–Crippen MR) is 97.2 cm³/mol. The number of urea groups is 1. The zero-order valence-corrected chi connectivity index (χ0v) is 14.6. The van der Waals surface area contributed by atoms with Gasteiger partial charge in [0.15, 0.2) is 0 Å². The summed E-state index contributed by atoms with van der Waals surface area (Å²) < 4.78 is 13.3. The van der Waals surface area contributed by atoms with E-state index < -0.39 is 5.82 Å². The van der Waals surface area contributed by atoms with Crippen molar-refractivity contribution in [2.24, 2.45) is 0 Å². The Morgan fingerprint density at radius 3 is 2.84 bits per heavy atom. The van der Waals surface area contributed by atoms with Crippen LogP contribution in [0.5, 0.6) is 0 Å². The number of H-pyrrole nitrogens is 1. The quantitative estimate of drug-likeness (QED) is 0.604. The number of amides is 2. The van der Waals surface area contributed by atoms with Gasteiger partial charge in [-0.2, -0.15) is 0 Å². The largest absolute Gasteiger partial charge is 0.344 e. The summed E-state index contributed by atoms with van der Waals surface area (Å²) in [4.78, 5) is 19.1. The average molecular weight is 347 g/mol. The molecule has 1 fully saturated rings. The zero-order valence-electron chi connectivity index (χ0n) is 14.6. The monoisotopic (exact) mass is 347 g/mol. The van der Waals surface area contributed by atoms with Crippen LogP contribution in [-0.2, 0) is 0 Å². The van der Waals surface area contributed by atoms with Gasteiger partial charge in [0.1, 0.15) is 11.5 Å². The fourth-order valence-electron chi connectivity index (χ4n) is 3.35. The van der Waals surface area contributed by atoms with E-state index in [4.69, 9.17) is 0 Å². The van der Waals surface area contributed by atoms with Gasteiger partial charge in [-0.1, -0.05) is 13.3 Å². The van der Waals surface area contributed by atoms with Gasteiger partial charge in [-0.3, -0.25) is 0 Å². The number of fused-ring (bicyclic) bond motifs is 1. The third-order valence-electron chi connectivity index (χ3n) is 4.77. The second-order valence-corrected chi connectivity index (χ2v) is 6.71. The molecule has 1 aliphatic carbocycles. The summed E-state index contributed by atoms with van der Waals surface area (Å²) in [6.07, 6.45) is 9.30. The second-order valence-electron chi connectivity index (χ2n) is 6.71.